The number of nitrogens with zero attached hydrogens (tertiary/aromatic N) is 3. The number of benzene rings is 2. The summed E-state index contributed by atoms with van der Waals surface area (Å²) in [6, 6.07) is 13.8. The standard InChI is InChI=1S/C21H21FN4O4S/c22-17-8-10-18(11-9-17)31(28,29)23-13-19(27)26-12-4-7-16(14-26)21-25-24-20(30-21)15-5-2-1-3-6-15/h1-3,5-6,8-11,16,23H,4,7,12-14H2. The van der Waals surface area contributed by atoms with Crippen LogP contribution in [0, 0.1) is 5.82 Å². The van der Waals surface area contributed by atoms with E-state index in [2.05, 4.69) is 14.9 Å². The molecular formula is C21H21FN4O4S. The van der Waals surface area contributed by atoms with Gasteiger partial charge in [-0.25, -0.2) is 17.5 Å². The average Bonchev–Trinajstić information content (AvgIpc) is 3.29. The van der Waals surface area contributed by atoms with Crippen LogP contribution in [0.2, 0.25) is 0 Å². The molecule has 0 radical (unpaired) electrons. The summed E-state index contributed by atoms with van der Waals surface area (Å²) in [5.74, 6) is -0.116. The summed E-state index contributed by atoms with van der Waals surface area (Å²) in [6.45, 7) is 0.506. The molecule has 1 amide bonds. The lowest BCUT2D eigenvalue weighted by Gasteiger charge is -2.31. The van der Waals surface area contributed by atoms with Crippen molar-refractivity contribution in [2.24, 2.45) is 0 Å². The van der Waals surface area contributed by atoms with Crippen molar-refractivity contribution < 1.29 is 22.0 Å². The SMILES string of the molecule is O=C(CNS(=O)(=O)c1ccc(F)cc1)N1CCCC(c2nnc(-c3ccccc3)o2)C1. The number of piperidine rings is 1. The van der Waals surface area contributed by atoms with E-state index in [1.807, 2.05) is 30.3 Å². The molecule has 0 aliphatic carbocycles. The van der Waals surface area contributed by atoms with Gasteiger partial charge in [0.1, 0.15) is 5.82 Å². The predicted octanol–water partition coefficient (Wildman–Crippen LogP) is 2.56. The number of rotatable bonds is 6. The zero-order valence-electron chi connectivity index (χ0n) is 16.6. The first kappa shape index (κ1) is 21.1. The quantitative estimate of drug-likeness (QED) is 0.627. The van der Waals surface area contributed by atoms with Crippen LogP contribution in [-0.4, -0.2) is 49.1 Å². The predicted molar refractivity (Wildman–Crippen MR) is 110 cm³/mol. The first-order chi connectivity index (χ1) is 14.9. The van der Waals surface area contributed by atoms with Gasteiger partial charge < -0.3 is 9.32 Å². The van der Waals surface area contributed by atoms with E-state index in [-0.39, 0.29) is 23.3 Å². The van der Waals surface area contributed by atoms with Gasteiger partial charge in [0.05, 0.1) is 17.4 Å². The van der Waals surface area contributed by atoms with Gasteiger partial charge in [-0.3, -0.25) is 4.79 Å². The lowest BCUT2D eigenvalue weighted by molar-refractivity contribution is -0.131. The van der Waals surface area contributed by atoms with Crippen molar-refractivity contribution >= 4 is 15.9 Å². The molecule has 0 bridgehead atoms. The summed E-state index contributed by atoms with van der Waals surface area (Å²) in [6.07, 6.45) is 1.53. The van der Waals surface area contributed by atoms with Crippen molar-refractivity contribution in [3.05, 3.63) is 66.3 Å². The van der Waals surface area contributed by atoms with E-state index >= 15 is 0 Å². The lowest BCUT2D eigenvalue weighted by Crippen LogP contribution is -2.44. The van der Waals surface area contributed by atoms with Crippen molar-refractivity contribution in [1.29, 1.82) is 0 Å². The van der Waals surface area contributed by atoms with Crippen LogP contribution in [-0.2, 0) is 14.8 Å². The Bertz CT molecular complexity index is 1150. The second kappa shape index (κ2) is 8.94. The lowest BCUT2D eigenvalue weighted by atomic mass is 9.98. The summed E-state index contributed by atoms with van der Waals surface area (Å²) >= 11 is 0. The third-order valence-electron chi connectivity index (χ3n) is 5.12. The minimum absolute atomic E-state index is 0.0995. The molecule has 2 aromatic carbocycles. The van der Waals surface area contributed by atoms with Crippen molar-refractivity contribution in [3.8, 4) is 11.5 Å². The Labute approximate surface area is 179 Å². The number of amides is 1. The second-order valence-corrected chi connectivity index (χ2v) is 9.04. The van der Waals surface area contributed by atoms with Gasteiger partial charge in [0, 0.05) is 18.7 Å². The van der Waals surface area contributed by atoms with Gasteiger partial charge in [0.25, 0.3) is 0 Å². The average molecular weight is 444 g/mol. The van der Waals surface area contributed by atoms with Crippen molar-refractivity contribution in [2.45, 2.75) is 23.7 Å². The highest BCUT2D eigenvalue weighted by Crippen LogP contribution is 2.28. The molecule has 1 aromatic heterocycles. The Hall–Kier alpha value is -3.11. The van der Waals surface area contributed by atoms with E-state index in [0.29, 0.717) is 24.9 Å². The van der Waals surface area contributed by atoms with Gasteiger partial charge in [0.15, 0.2) is 0 Å². The van der Waals surface area contributed by atoms with Crippen molar-refractivity contribution in [3.63, 3.8) is 0 Å². The molecule has 1 unspecified atom stereocenters. The summed E-state index contributed by atoms with van der Waals surface area (Å²) in [4.78, 5) is 14.1. The molecule has 0 saturated carbocycles. The van der Waals surface area contributed by atoms with Gasteiger partial charge in [-0.1, -0.05) is 18.2 Å². The van der Waals surface area contributed by atoms with Crippen molar-refractivity contribution in [2.75, 3.05) is 19.6 Å². The number of nitrogens with one attached hydrogen (secondary N) is 1. The number of carbonyl (C=O) groups excluding carboxylic acids is 1. The number of aromatic nitrogens is 2. The molecular weight excluding hydrogens is 423 g/mol. The molecule has 31 heavy (non-hydrogen) atoms. The van der Waals surface area contributed by atoms with Crippen LogP contribution in [0.3, 0.4) is 0 Å². The maximum Gasteiger partial charge on any atom is 0.247 e. The molecule has 1 N–H and O–H groups in total. The number of likely N-dealkylation sites (tertiary alicyclic amines) is 1. The van der Waals surface area contributed by atoms with Crippen LogP contribution in [0.15, 0.2) is 63.9 Å². The fourth-order valence-corrected chi connectivity index (χ4v) is 4.44. The first-order valence-electron chi connectivity index (χ1n) is 9.84. The van der Waals surface area contributed by atoms with Crippen LogP contribution < -0.4 is 4.72 Å². The molecule has 0 spiro atoms. The Kier molecular flexibility index (Phi) is 6.10. The highest BCUT2D eigenvalue weighted by atomic mass is 32.2. The molecule has 162 valence electrons. The molecule has 1 aliphatic heterocycles. The van der Waals surface area contributed by atoms with Gasteiger partial charge in [0.2, 0.25) is 27.7 Å². The summed E-state index contributed by atoms with van der Waals surface area (Å²) in [5.41, 5.74) is 0.820. The van der Waals surface area contributed by atoms with E-state index < -0.39 is 15.8 Å². The van der Waals surface area contributed by atoms with Gasteiger partial charge in [-0.15, -0.1) is 10.2 Å². The van der Waals surface area contributed by atoms with E-state index in [0.717, 1.165) is 42.7 Å². The number of halogens is 1. The van der Waals surface area contributed by atoms with E-state index in [1.54, 1.807) is 4.90 Å². The van der Waals surface area contributed by atoms with E-state index in [9.17, 15) is 17.6 Å². The number of hydrogen-bond donors (Lipinski definition) is 1. The van der Waals surface area contributed by atoms with Gasteiger partial charge in [-0.2, -0.15) is 0 Å². The Morgan fingerprint density at radius 2 is 1.87 bits per heavy atom. The third kappa shape index (κ3) is 4.97. The van der Waals surface area contributed by atoms with Gasteiger partial charge in [-0.05, 0) is 49.2 Å². The van der Waals surface area contributed by atoms with E-state index in [4.69, 9.17) is 4.42 Å². The third-order valence-corrected chi connectivity index (χ3v) is 6.54. The highest BCUT2D eigenvalue weighted by Gasteiger charge is 2.29. The fraction of sp³-hybridized carbons (Fsp3) is 0.286. The zero-order chi connectivity index (χ0) is 21.8. The van der Waals surface area contributed by atoms with Crippen LogP contribution in [0.1, 0.15) is 24.7 Å². The normalized spacial score (nSPS) is 16.9. The maximum absolute atomic E-state index is 13.0. The van der Waals surface area contributed by atoms with Gasteiger partial charge >= 0.3 is 0 Å². The van der Waals surface area contributed by atoms with E-state index in [1.165, 1.54) is 0 Å². The number of sulfonamides is 1. The summed E-state index contributed by atoms with van der Waals surface area (Å²) < 4.78 is 45.7. The zero-order valence-corrected chi connectivity index (χ0v) is 17.4. The molecule has 1 atom stereocenters. The maximum atomic E-state index is 13.0. The van der Waals surface area contributed by atoms with Crippen LogP contribution in [0.25, 0.3) is 11.5 Å². The minimum atomic E-state index is -3.91. The summed E-state index contributed by atoms with van der Waals surface area (Å²) in [5, 5.41) is 8.25. The first-order valence-corrected chi connectivity index (χ1v) is 11.3. The Balaban J connectivity index is 1.38. The number of hydrogen-bond acceptors (Lipinski definition) is 6. The fourth-order valence-electron chi connectivity index (χ4n) is 3.47. The second-order valence-electron chi connectivity index (χ2n) is 7.27. The molecule has 4 rings (SSSR count). The smallest absolute Gasteiger partial charge is 0.247 e. The summed E-state index contributed by atoms with van der Waals surface area (Å²) in [7, 11) is -3.91. The van der Waals surface area contributed by atoms with Crippen LogP contribution in [0.4, 0.5) is 4.39 Å². The Morgan fingerprint density at radius 3 is 2.61 bits per heavy atom. The molecule has 10 heteroatoms. The molecule has 2 heterocycles. The van der Waals surface area contributed by atoms with Crippen molar-refractivity contribution in [1.82, 2.24) is 19.8 Å². The molecule has 3 aromatic rings. The largest absolute Gasteiger partial charge is 0.420 e. The molecule has 1 aliphatic rings. The van der Waals surface area contributed by atoms with Crippen LogP contribution >= 0.6 is 0 Å². The number of carbonyl (C=O) groups is 1. The Morgan fingerprint density at radius 1 is 1.13 bits per heavy atom. The minimum Gasteiger partial charge on any atom is -0.420 e. The topological polar surface area (TPSA) is 105 Å². The monoisotopic (exact) mass is 444 g/mol. The molecule has 8 nitrogen and oxygen atoms in total. The van der Waals surface area contributed by atoms with Crippen LogP contribution in [0.5, 0.6) is 0 Å². The highest BCUT2D eigenvalue weighted by molar-refractivity contribution is 7.89. The molecule has 1 saturated heterocycles. The molecule has 1 fully saturated rings.